The van der Waals surface area contributed by atoms with E-state index in [0.29, 0.717) is 11.7 Å². The van der Waals surface area contributed by atoms with Crippen LogP contribution in [0.2, 0.25) is 0 Å². The second-order valence-electron chi connectivity index (χ2n) is 9.93. The first-order valence-corrected chi connectivity index (χ1v) is 13.1. The third-order valence-corrected chi connectivity index (χ3v) is 7.71. The van der Waals surface area contributed by atoms with E-state index in [1.54, 1.807) is 6.92 Å². The van der Waals surface area contributed by atoms with E-state index in [1.165, 1.54) is 69.1 Å². The van der Waals surface area contributed by atoms with Crippen molar-refractivity contribution in [3.63, 3.8) is 0 Å². The van der Waals surface area contributed by atoms with E-state index in [0.717, 1.165) is 17.8 Å². The zero-order chi connectivity index (χ0) is 23.9. The molecule has 2 nitrogen and oxygen atoms in total. The Balaban J connectivity index is 1.27. The van der Waals surface area contributed by atoms with Crippen LogP contribution in [0.5, 0.6) is 11.5 Å². The maximum atomic E-state index is 14.3. The molecule has 2 aromatic rings. The first-order valence-electron chi connectivity index (χ1n) is 13.1. The molecule has 184 valence electrons. The Kier molecular flexibility index (Phi) is 8.64. The second-order valence-corrected chi connectivity index (χ2v) is 9.93. The molecule has 0 spiro atoms. The Morgan fingerprint density at radius 2 is 1.56 bits per heavy atom. The number of rotatable bonds is 9. The molecule has 0 heterocycles. The second kappa shape index (κ2) is 11.9. The van der Waals surface area contributed by atoms with E-state index in [-0.39, 0.29) is 24.5 Å². The fourth-order valence-corrected chi connectivity index (χ4v) is 5.73. The summed E-state index contributed by atoms with van der Waals surface area (Å²) in [6.07, 6.45) is 15.5. The molecule has 0 amide bonds. The van der Waals surface area contributed by atoms with Crippen LogP contribution in [-0.4, -0.2) is 6.61 Å². The maximum absolute atomic E-state index is 14.3. The molecule has 0 aromatic heterocycles. The van der Waals surface area contributed by atoms with Gasteiger partial charge in [0.25, 0.3) is 0 Å². The number of allylic oxidation sites excluding steroid dienone is 2. The van der Waals surface area contributed by atoms with Gasteiger partial charge in [-0.15, -0.1) is 0 Å². The van der Waals surface area contributed by atoms with Gasteiger partial charge in [-0.05, 0) is 105 Å². The summed E-state index contributed by atoms with van der Waals surface area (Å²) < 4.78 is 39.2. The van der Waals surface area contributed by atoms with Crippen LogP contribution >= 0.6 is 0 Å². The highest BCUT2D eigenvalue weighted by Crippen LogP contribution is 2.42. The van der Waals surface area contributed by atoms with E-state index in [1.807, 2.05) is 12.1 Å². The van der Waals surface area contributed by atoms with Gasteiger partial charge >= 0.3 is 0 Å². The zero-order valence-corrected chi connectivity index (χ0v) is 20.6. The van der Waals surface area contributed by atoms with Crippen molar-refractivity contribution < 1.29 is 18.3 Å². The van der Waals surface area contributed by atoms with Crippen molar-refractivity contribution in [1.29, 1.82) is 0 Å². The van der Waals surface area contributed by atoms with E-state index in [4.69, 9.17) is 9.47 Å². The summed E-state index contributed by atoms with van der Waals surface area (Å²) in [6, 6.07) is 11.1. The summed E-state index contributed by atoms with van der Waals surface area (Å²) in [7, 11) is 0. The summed E-state index contributed by atoms with van der Waals surface area (Å²) in [5.74, 6) is 1.75. The van der Waals surface area contributed by atoms with Gasteiger partial charge in [0.05, 0.1) is 6.61 Å². The monoisotopic (exact) mass is 468 g/mol. The molecule has 0 bridgehead atoms. The minimum Gasteiger partial charge on any atom is -0.491 e. The first kappa shape index (κ1) is 24.8. The highest BCUT2D eigenvalue weighted by molar-refractivity contribution is 5.33. The van der Waals surface area contributed by atoms with Crippen LogP contribution in [0.4, 0.5) is 8.78 Å². The normalized spacial score (nSPS) is 24.7. The lowest BCUT2D eigenvalue weighted by Crippen LogP contribution is -2.22. The van der Waals surface area contributed by atoms with E-state index in [9.17, 15) is 8.78 Å². The summed E-state index contributed by atoms with van der Waals surface area (Å²) in [6.45, 7) is 4.29. The van der Waals surface area contributed by atoms with Crippen LogP contribution in [-0.2, 0) is 6.61 Å². The summed E-state index contributed by atoms with van der Waals surface area (Å²) in [4.78, 5) is 0. The molecule has 2 aliphatic rings. The van der Waals surface area contributed by atoms with Crippen LogP contribution in [0, 0.1) is 29.4 Å². The Morgan fingerprint density at radius 1 is 0.794 bits per heavy atom. The Morgan fingerprint density at radius 3 is 2.21 bits per heavy atom. The Labute approximate surface area is 203 Å². The average molecular weight is 469 g/mol. The highest BCUT2D eigenvalue weighted by atomic mass is 19.2. The fourth-order valence-electron chi connectivity index (χ4n) is 5.73. The van der Waals surface area contributed by atoms with Gasteiger partial charge in [-0.1, -0.05) is 37.6 Å². The molecule has 1 saturated carbocycles. The predicted octanol–water partition coefficient (Wildman–Crippen LogP) is 8.60. The van der Waals surface area contributed by atoms with Crippen molar-refractivity contribution in [2.24, 2.45) is 17.8 Å². The Bertz CT molecular complexity index is 945. The van der Waals surface area contributed by atoms with Gasteiger partial charge < -0.3 is 9.47 Å². The quantitative estimate of drug-likeness (QED) is 0.343. The van der Waals surface area contributed by atoms with Crippen LogP contribution in [0.25, 0.3) is 0 Å². The molecule has 4 heteroatoms. The average Bonchev–Trinajstić information content (AvgIpc) is 2.88. The molecule has 0 aliphatic heterocycles. The van der Waals surface area contributed by atoms with Gasteiger partial charge in [0, 0.05) is 5.56 Å². The first-order chi connectivity index (χ1) is 16.6. The van der Waals surface area contributed by atoms with Crippen molar-refractivity contribution >= 4 is 0 Å². The van der Waals surface area contributed by atoms with Crippen LogP contribution in [0.15, 0.2) is 48.6 Å². The molecule has 2 atom stereocenters. The van der Waals surface area contributed by atoms with Crippen molar-refractivity contribution in [2.45, 2.75) is 77.7 Å². The van der Waals surface area contributed by atoms with Crippen molar-refractivity contribution in [2.75, 3.05) is 6.61 Å². The molecule has 2 aromatic carbocycles. The highest BCUT2D eigenvalue weighted by Gasteiger charge is 2.28. The lowest BCUT2D eigenvalue weighted by atomic mass is 9.70. The van der Waals surface area contributed by atoms with Gasteiger partial charge in [-0.3, -0.25) is 0 Å². The van der Waals surface area contributed by atoms with Crippen molar-refractivity contribution in [1.82, 2.24) is 0 Å². The SMILES string of the molecule is CCCC1C=CC(C2CCC(c3ccc(OCc4ccc(OCC)c(F)c4F)cc3)CC2)CC1. The van der Waals surface area contributed by atoms with E-state index >= 15 is 0 Å². The predicted molar refractivity (Wildman–Crippen MR) is 133 cm³/mol. The minimum atomic E-state index is -0.960. The van der Waals surface area contributed by atoms with Gasteiger partial charge in [0.1, 0.15) is 12.4 Å². The van der Waals surface area contributed by atoms with Gasteiger partial charge in [-0.2, -0.15) is 4.39 Å². The maximum Gasteiger partial charge on any atom is 0.201 e. The van der Waals surface area contributed by atoms with Crippen LogP contribution in [0.3, 0.4) is 0 Å². The molecular weight excluding hydrogens is 430 g/mol. The number of ether oxygens (including phenoxy) is 2. The number of hydrogen-bond acceptors (Lipinski definition) is 2. The summed E-state index contributed by atoms with van der Waals surface area (Å²) in [5.41, 5.74) is 1.53. The van der Waals surface area contributed by atoms with E-state index in [2.05, 4.69) is 31.2 Å². The fraction of sp³-hybridized carbons (Fsp3) is 0.533. The van der Waals surface area contributed by atoms with Gasteiger partial charge in [0.15, 0.2) is 11.6 Å². The standard InChI is InChI=1S/C30H38F2O2/c1-3-5-21-6-8-22(9-7-21)23-10-12-24(13-11-23)25-14-17-27(18-15-25)34-20-26-16-19-28(33-4-2)30(32)29(26)31/h6,8,14-19,21-24H,3-5,7,9-13,20H2,1-2H3. The number of halogens is 2. The molecule has 0 radical (unpaired) electrons. The minimum absolute atomic E-state index is 0.0202. The van der Waals surface area contributed by atoms with Crippen molar-refractivity contribution in [3.8, 4) is 11.5 Å². The topological polar surface area (TPSA) is 18.5 Å². The largest absolute Gasteiger partial charge is 0.491 e. The van der Waals surface area contributed by atoms with Gasteiger partial charge in [-0.25, -0.2) is 4.39 Å². The molecule has 2 aliphatic carbocycles. The number of benzene rings is 2. The number of hydrogen-bond donors (Lipinski definition) is 0. The lowest BCUT2D eigenvalue weighted by molar-refractivity contribution is 0.239. The Hall–Kier alpha value is -2.36. The zero-order valence-electron chi connectivity index (χ0n) is 20.6. The van der Waals surface area contributed by atoms with Crippen LogP contribution in [0.1, 0.15) is 82.3 Å². The molecule has 0 saturated heterocycles. The third kappa shape index (κ3) is 6.00. The van der Waals surface area contributed by atoms with Crippen LogP contribution < -0.4 is 9.47 Å². The lowest BCUT2D eigenvalue weighted by Gasteiger charge is -2.35. The third-order valence-electron chi connectivity index (χ3n) is 7.71. The molecule has 0 N–H and O–H groups in total. The van der Waals surface area contributed by atoms with E-state index < -0.39 is 11.6 Å². The molecule has 2 unspecified atom stereocenters. The molecule has 1 fully saturated rings. The molecule has 4 rings (SSSR count). The molecular formula is C30H38F2O2. The summed E-state index contributed by atoms with van der Waals surface area (Å²) in [5, 5.41) is 0. The summed E-state index contributed by atoms with van der Waals surface area (Å²) >= 11 is 0. The smallest absolute Gasteiger partial charge is 0.201 e. The van der Waals surface area contributed by atoms with Crippen molar-refractivity contribution in [3.05, 3.63) is 71.3 Å². The molecule has 34 heavy (non-hydrogen) atoms. The van der Waals surface area contributed by atoms with Gasteiger partial charge in [0.2, 0.25) is 5.82 Å².